The molecule has 0 aliphatic heterocycles. The maximum atomic E-state index is 13.8. The Morgan fingerprint density at radius 3 is 1.43 bits per heavy atom. The van der Waals surface area contributed by atoms with Crippen LogP contribution in [-0.4, -0.2) is 4.57 Å². The zero-order chi connectivity index (χ0) is 24.4. The van der Waals surface area contributed by atoms with E-state index >= 15 is 0 Å². The predicted octanol–water partition coefficient (Wildman–Crippen LogP) is 7.97. The highest BCUT2D eigenvalue weighted by Gasteiger charge is 2.27. The molecular formula is C32H27F2N. The van der Waals surface area contributed by atoms with Gasteiger partial charge in [0.15, 0.2) is 0 Å². The van der Waals surface area contributed by atoms with Crippen LogP contribution in [0, 0.1) is 18.6 Å². The molecule has 35 heavy (non-hydrogen) atoms. The van der Waals surface area contributed by atoms with Crippen LogP contribution in [-0.2, 0) is 7.05 Å². The van der Waals surface area contributed by atoms with Gasteiger partial charge in [0.25, 0.3) is 0 Å². The van der Waals surface area contributed by atoms with Gasteiger partial charge in [-0.05, 0) is 65.1 Å². The van der Waals surface area contributed by atoms with Crippen molar-refractivity contribution in [2.45, 2.75) is 18.8 Å². The normalized spacial score (nSPS) is 12.9. The van der Waals surface area contributed by atoms with Crippen LogP contribution < -0.4 is 0 Å². The monoisotopic (exact) mass is 463 g/mol. The molecule has 0 N–H and O–H groups in total. The molecule has 174 valence electrons. The lowest BCUT2D eigenvalue weighted by molar-refractivity contribution is 0.626. The van der Waals surface area contributed by atoms with Crippen molar-refractivity contribution < 1.29 is 8.78 Å². The van der Waals surface area contributed by atoms with Gasteiger partial charge in [-0.1, -0.05) is 84.9 Å². The smallest absolute Gasteiger partial charge is 0.123 e. The molecule has 0 saturated carbocycles. The van der Waals surface area contributed by atoms with E-state index < -0.39 is 0 Å². The minimum atomic E-state index is -0.246. The number of rotatable bonds is 6. The third-order valence-corrected chi connectivity index (χ3v) is 6.76. The zero-order valence-electron chi connectivity index (χ0n) is 19.8. The highest BCUT2D eigenvalue weighted by Crippen LogP contribution is 2.39. The van der Waals surface area contributed by atoms with E-state index in [0.717, 1.165) is 39.2 Å². The molecule has 0 aliphatic rings. The van der Waals surface area contributed by atoms with Crippen molar-refractivity contribution in [3.05, 3.63) is 166 Å². The number of aryl methyl sites for hydroxylation is 1. The van der Waals surface area contributed by atoms with E-state index in [2.05, 4.69) is 48.9 Å². The molecule has 5 aromatic rings. The summed E-state index contributed by atoms with van der Waals surface area (Å²) < 4.78 is 29.8. The Kier molecular flexibility index (Phi) is 6.33. The topological polar surface area (TPSA) is 4.93 Å². The van der Waals surface area contributed by atoms with E-state index in [-0.39, 0.29) is 23.5 Å². The van der Waals surface area contributed by atoms with Gasteiger partial charge in [0.05, 0.1) is 0 Å². The third kappa shape index (κ3) is 4.54. The van der Waals surface area contributed by atoms with Crippen LogP contribution in [0.2, 0.25) is 0 Å². The summed E-state index contributed by atoms with van der Waals surface area (Å²) in [6.07, 6.45) is 0. The van der Waals surface area contributed by atoms with Gasteiger partial charge in [0, 0.05) is 30.3 Å². The second-order valence-electron chi connectivity index (χ2n) is 8.99. The van der Waals surface area contributed by atoms with Gasteiger partial charge in [-0.3, -0.25) is 0 Å². The Hall–Kier alpha value is -3.98. The van der Waals surface area contributed by atoms with Crippen LogP contribution in [0.5, 0.6) is 0 Å². The zero-order valence-corrected chi connectivity index (χ0v) is 19.8. The predicted molar refractivity (Wildman–Crippen MR) is 138 cm³/mol. The Morgan fingerprint density at radius 1 is 0.543 bits per heavy atom. The van der Waals surface area contributed by atoms with Crippen LogP contribution in [0.1, 0.15) is 51.0 Å². The SMILES string of the molecule is Cc1cc(C(c2ccccc2)c2ccc(F)cc2)n(C)c1C(c1ccccc1)c1ccc(F)cc1. The molecule has 0 spiro atoms. The van der Waals surface area contributed by atoms with Crippen molar-refractivity contribution in [2.75, 3.05) is 0 Å². The number of hydrogen-bond donors (Lipinski definition) is 0. The van der Waals surface area contributed by atoms with Crippen molar-refractivity contribution in [1.82, 2.24) is 4.57 Å². The quantitative estimate of drug-likeness (QED) is 0.241. The molecule has 0 fully saturated rings. The lowest BCUT2D eigenvalue weighted by Gasteiger charge is -2.24. The number of aromatic nitrogens is 1. The van der Waals surface area contributed by atoms with Crippen LogP contribution in [0.15, 0.2) is 115 Å². The molecule has 0 saturated heterocycles. The summed E-state index contributed by atoms with van der Waals surface area (Å²) in [5.41, 5.74) is 7.79. The average molecular weight is 464 g/mol. The highest BCUT2D eigenvalue weighted by atomic mass is 19.1. The van der Waals surface area contributed by atoms with Gasteiger partial charge < -0.3 is 4.57 Å². The molecule has 2 unspecified atom stereocenters. The Morgan fingerprint density at radius 2 is 0.943 bits per heavy atom. The van der Waals surface area contributed by atoms with Crippen molar-refractivity contribution in [1.29, 1.82) is 0 Å². The van der Waals surface area contributed by atoms with Crippen LogP contribution >= 0.6 is 0 Å². The van der Waals surface area contributed by atoms with Crippen molar-refractivity contribution in [3.8, 4) is 0 Å². The summed E-state index contributed by atoms with van der Waals surface area (Å²) in [5.74, 6) is -0.603. The van der Waals surface area contributed by atoms with E-state index in [4.69, 9.17) is 0 Å². The average Bonchev–Trinajstić information content (AvgIpc) is 3.17. The molecule has 0 bridgehead atoms. The second kappa shape index (κ2) is 9.71. The first-order chi connectivity index (χ1) is 17.0. The second-order valence-corrected chi connectivity index (χ2v) is 8.99. The number of hydrogen-bond acceptors (Lipinski definition) is 0. The summed E-state index contributed by atoms with van der Waals surface area (Å²) in [5, 5.41) is 0. The fourth-order valence-corrected chi connectivity index (χ4v) is 5.14. The summed E-state index contributed by atoms with van der Waals surface area (Å²) >= 11 is 0. The minimum absolute atomic E-state index is 0.0554. The standard InChI is InChI=1S/C32H27F2N/c1-22-21-29(30(23-9-5-3-6-10-23)25-13-17-27(33)18-14-25)35(2)32(22)31(24-11-7-4-8-12-24)26-15-19-28(34)20-16-26/h3-21,30-31H,1-2H3. The Bertz CT molecular complexity index is 1400. The largest absolute Gasteiger partial charge is 0.350 e. The van der Waals surface area contributed by atoms with Gasteiger partial charge in [-0.25, -0.2) is 8.78 Å². The fraction of sp³-hybridized carbons (Fsp3) is 0.125. The number of nitrogens with zero attached hydrogens (tertiary/aromatic N) is 1. The fourth-order valence-electron chi connectivity index (χ4n) is 5.14. The molecule has 3 heteroatoms. The Labute approximate surface area is 205 Å². The van der Waals surface area contributed by atoms with E-state index in [9.17, 15) is 8.78 Å². The summed E-state index contributed by atoms with van der Waals surface area (Å²) in [7, 11) is 2.09. The molecule has 1 aromatic heterocycles. The summed E-state index contributed by atoms with van der Waals surface area (Å²) in [6.45, 7) is 2.13. The molecule has 0 aliphatic carbocycles. The summed E-state index contributed by atoms with van der Waals surface area (Å²) in [6, 6.07) is 36.4. The van der Waals surface area contributed by atoms with Crippen LogP contribution in [0.4, 0.5) is 8.78 Å². The maximum absolute atomic E-state index is 13.8. The van der Waals surface area contributed by atoms with Gasteiger partial charge in [-0.2, -0.15) is 0 Å². The first-order valence-electron chi connectivity index (χ1n) is 11.8. The molecule has 2 atom stereocenters. The molecular weight excluding hydrogens is 436 g/mol. The van der Waals surface area contributed by atoms with Crippen molar-refractivity contribution >= 4 is 0 Å². The van der Waals surface area contributed by atoms with E-state index in [1.165, 1.54) is 24.3 Å². The number of benzene rings is 4. The molecule has 0 amide bonds. The molecule has 5 rings (SSSR count). The van der Waals surface area contributed by atoms with E-state index in [1.54, 1.807) is 0 Å². The summed E-state index contributed by atoms with van der Waals surface area (Å²) in [4.78, 5) is 0. The highest BCUT2D eigenvalue weighted by molar-refractivity contribution is 5.49. The molecule has 0 radical (unpaired) electrons. The van der Waals surface area contributed by atoms with Gasteiger partial charge in [0.2, 0.25) is 0 Å². The van der Waals surface area contributed by atoms with Gasteiger partial charge >= 0.3 is 0 Å². The number of halogens is 2. The third-order valence-electron chi connectivity index (χ3n) is 6.76. The Balaban J connectivity index is 1.71. The molecule has 1 nitrogen and oxygen atoms in total. The van der Waals surface area contributed by atoms with Gasteiger partial charge in [-0.15, -0.1) is 0 Å². The van der Waals surface area contributed by atoms with Crippen molar-refractivity contribution in [3.63, 3.8) is 0 Å². The first kappa shape index (κ1) is 22.8. The molecule has 1 heterocycles. The maximum Gasteiger partial charge on any atom is 0.123 e. The van der Waals surface area contributed by atoms with E-state index in [0.29, 0.717) is 0 Å². The van der Waals surface area contributed by atoms with Crippen LogP contribution in [0.3, 0.4) is 0 Å². The van der Waals surface area contributed by atoms with Crippen molar-refractivity contribution in [2.24, 2.45) is 7.05 Å². The lowest BCUT2D eigenvalue weighted by Crippen LogP contribution is -2.14. The lowest BCUT2D eigenvalue weighted by atomic mass is 9.87. The van der Waals surface area contributed by atoms with Crippen LogP contribution in [0.25, 0.3) is 0 Å². The van der Waals surface area contributed by atoms with E-state index in [1.807, 2.05) is 60.7 Å². The molecule has 4 aromatic carbocycles. The van der Waals surface area contributed by atoms with Gasteiger partial charge in [0.1, 0.15) is 11.6 Å². The first-order valence-corrected chi connectivity index (χ1v) is 11.8. The minimum Gasteiger partial charge on any atom is -0.350 e.